The Kier molecular flexibility index (Phi) is 4.47. The van der Waals surface area contributed by atoms with Crippen LogP contribution in [0.3, 0.4) is 0 Å². The van der Waals surface area contributed by atoms with Crippen molar-refractivity contribution in [1.82, 2.24) is 10.3 Å². The van der Waals surface area contributed by atoms with Crippen LogP contribution in [0.15, 0.2) is 60.8 Å². The second kappa shape index (κ2) is 6.96. The number of halogens is 1. The summed E-state index contributed by atoms with van der Waals surface area (Å²) in [6.45, 7) is 0. The lowest BCUT2D eigenvalue weighted by molar-refractivity contribution is 0.0931. The summed E-state index contributed by atoms with van der Waals surface area (Å²) in [6, 6.07) is 15.2. The highest BCUT2D eigenvalue weighted by molar-refractivity contribution is 5.95. The van der Waals surface area contributed by atoms with Crippen LogP contribution in [0.1, 0.15) is 28.8 Å². The Hall–Kier alpha value is -3.41. The van der Waals surface area contributed by atoms with E-state index in [0.29, 0.717) is 17.1 Å². The highest BCUT2D eigenvalue weighted by Crippen LogP contribution is 2.46. The molecule has 0 unspecified atom stereocenters. The number of nitrogens with two attached hydrogens (primary N) is 1. The maximum absolute atomic E-state index is 13.1. The molecule has 1 aromatic heterocycles. The Balaban J connectivity index is 1.53. The predicted molar refractivity (Wildman–Crippen MR) is 105 cm³/mol. The Morgan fingerprint density at radius 3 is 2.39 bits per heavy atom. The van der Waals surface area contributed by atoms with Gasteiger partial charge >= 0.3 is 0 Å². The van der Waals surface area contributed by atoms with Crippen molar-refractivity contribution in [3.63, 3.8) is 0 Å². The number of nitrogens with zero attached hydrogens (tertiary/aromatic N) is 1. The fourth-order valence-electron chi connectivity index (χ4n) is 3.27. The van der Waals surface area contributed by atoms with E-state index in [1.165, 1.54) is 24.3 Å². The van der Waals surface area contributed by atoms with Crippen molar-refractivity contribution in [2.24, 2.45) is 0 Å². The van der Waals surface area contributed by atoms with Gasteiger partial charge in [0, 0.05) is 29.1 Å². The summed E-state index contributed by atoms with van der Waals surface area (Å²) < 4.78 is 18.1. The smallest absolute Gasteiger partial charge is 0.251 e. The molecule has 0 atom stereocenters. The molecule has 0 radical (unpaired) electrons. The summed E-state index contributed by atoms with van der Waals surface area (Å²) in [5.41, 5.74) is 9.57. The summed E-state index contributed by atoms with van der Waals surface area (Å²) >= 11 is 0. The Labute approximate surface area is 162 Å². The molecule has 1 aliphatic rings. The molecule has 1 aliphatic carbocycles. The highest BCUT2D eigenvalue weighted by atomic mass is 19.1. The second-order valence-corrected chi connectivity index (χ2v) is 6.93. The van der Waals surface area contributed by atoms with E-state index in [9.17, 15) is 9.18 Å². The fourth-order valence-corrected chi connectivity index (χ4v) is 3.27. The van der Waals surface area contributed by atoms with Crippen LogP contribution in [0.25, 0.3) is 11.1 Å². The lowest BCUT2D eigenvalue weighted by atomic mass is 9.99. The average Bonchev–Trinajstić information content (AvgIpc) is 3.49. The first-order valence-electron chi connectivity index (χ1n) is 8.99. The highest BCUT2D eigenvalue weighted by Gasteiger charge is 2.45. The molecule has 0 saturated heterocycles. The quantitative estimate of drug-likeness (QED) is 0.707. The van der Waals surface area contributed by atoms with Crippen LogP contribution >= 0.6 is 0 Å². The zero-order chi connectivity index (χ0) is 19.7. The van der Waals surface area contributed by atoms with Crippen LogP contribution in [0.4, 0.5) is 10.1 Å². The first-order chi connectivity index (χ1) is 13.5. The molecule has 0 aliphatic heterocycles. The largest absolute Gasteiger partial charge is 0.481 e. The molecule has 3 aromatic rings. The van der Waals surface area contributed by atoms with E-state index in [1.807, 2.05) is 24.3 Å². The summed E-state index contributed by atoms with van der Waals surface area (Å²) in [5, 5.41) is 3.09. The number of benzene rings is 2. The van der Waals surface area contributed by atoms with Gasteiger partial charge in [-0.15, -0.1) is 0 Å². The maximum Gasteiger partial charge on any atom is 0.251 e. The molecule has 0 spiro atoms. The minimum atomic E-state index is -0.367. The predicted octanol–water partition coefficient (Wildman–Crippen LogP) is 3.90. The number of nitrogen functional groups attached to an aromatic ring is 1. The van der Waals surface area contributed by atoms with Gasteiger partial charge in [-0.3, -0.25) is 4.79 Å². The lowest BCUT2D eigenvalue weighted by Gasteiger charge is -2.19. The molecule has 5 nitrogen and oxygen atoms in total. The van der Waals surface area contributed by atoms with Crippen molar-refractivity contribution >= 4 is 11.6 Å². The van der Waals surface area contributed by atoms with Crippen LogP contribution < -0.4 is 15.8 Å². The molecular weight excluding hydrogens is 357 g/mol. The van der Waals surface area contributed by atoms with E-state index >= 15 is 0 Å². The number of carbonyl (C=O) groups is 1. The Morgan fingerprint density at radius 2 is 1.82 bits per heavy atom. The number of pyridine rings is 1. The number of aromatic nitrogens is 1. The lowest BCUT2D eigenvalue weighted by Crippen LogP contribution is -2.34. The molecule has 0 bridgehead atoms. The molecule has 142 valence electrons. The van der Waals surface area contributed by atoms with E-state index in [-0.39, 0.29) is 17.3 Å². The van der Waals surface area contributed by atoms with Crippen molar-refractivity contribution in [3.05, 3.63) is 77.7 Å². The third-order valence-corrected chi connectivity index (χ3v) is 5.08. The van der Waals surface area contributed by atoms with Crippen LogP contribution in [0.5, 0.6) is 5.88 Å². The number of rotatable bonds is 5. The van der Waals surface area contributed by atoms with E-state index < -0.39 is 0 Å². The molecule has 1 fully saturated rings. The van der Waals surface area contributed by atoms with Gasteiger partial charge in [0.05, 0.1) is 12.6 Å². The molecular formula is C22H20FN3O2. The third-order valence-electron chi connectivity index (χ3n) is 5.08. The van der Waals surface area contributed by atoms with Gasteiger partial charge < -0.3 is 15.8 Å². The van der Waals surface area contributed by atoms with Gasteiger partial charge in [-0.05, 0) is 48.2 Å². The van der Waals surface area contributed by atoms with Crippen molar-refractivity contribution in [2.45, 2.75) is 18.4 Å². The van der Waals surface area contributed by atoms with Crippen molar-refractivity contribution in [2.75, 3.05) is 12.8 Å². The van der Waals surface area contributed by atoms with Crippen LogP contribution in [-0.4, -0.2) is 18.0 Å². The van der Waals surface area contributed by atoms with E-state index in [2.05, 4.69) is 10.3 Å². The first kappa shape index (κ1) is 18.0. The summed E-state index contributed by atoms with van der Waals surface area (Å²) in [7, 11) is 1.55. The number of carbonyl (C=O) groups excluding carboxylic acids is 1. The molecule has 6 heteroatoms. The SMILES string of the molecule is COc1cc(N)c(-c2ccc(C3(NC(=O)c4ccc(F)cc4)CC3)cc2)cn1. The van der Waals surface area contributed by atoms with Gasteiger partial charge in [0.2, 0.25) is 5.88 Å². The second-order valence-electron chi connectivity index (χ2n) is 6.93. The monoisotopic (exact) mass is 377 g/mol. The molecule has 4 rings (SSSR count). The van der Waals surface area contributed by atoms with Gasteiger partial charge in [-0.2, -0.15) is 0 Å². The van der Waals surface area contributed by atoms with Crippen molar-refractivity contribution in [1.29, 1.82) is 0 Å². The zero-order valence-corrected chi connectivity index (χ0v) is 15.4. The summed E-state index contributed by atoms with van der Waals surface area (Å²) in [4.78, 5) is 16.7. The zero-order valence-electron chi connectivity index (χ0n) is 15.4. The molecule has 28 heavy (non-hydrogen) atoms. The normalized spacial score (nSPS) is 14.4. The number of anilines is 1. The maximum atomic E-state index is 13.1. The average molecular weight is 377 g/mol. The van der Waals surface area contributed by atoms with Gasteiger partial charge in [0.25, 0.3) is 5.91 Å². The van der Waals surface area contributed by atoms with Gasteiger partial charge in [-0.1, -0.05) is 24.3 Å². The summed E-state index contributed by atoms with van der Waals surface area (Å²) in [5.74, 6) is -0.0935. The summed E-state index contributed by atoms with van der Waals surface area (Å²) in [6.07, 6.45) is 3.42. The molecule has 2 aromatic carbocycles. The Bertz CT molecular complexity index is 1010. The number of methoxy groups -OCH3 is 1. The standard InChI is InChI=1S/C22H20FN3O2/c1-28-20-12-19(24)18(13-25-20)14-2-6-16(7-3-14)22(10-11-22)26-21(27)15-4-8-17(23)9-5-15/h2-9,12-13H,10-11H2,1H3,(H2,24,25)(H,26,27). The topological polar surface area (TPSA) is 77.2 Å². The fraction of sp³-hybridized carbons (Fsp3) is 0.182. The van der Waals surface area contributed by atoms with Gasteiger partial charge in [0.15, 0.2) is 0 Å². The molecule has 1 heterocycles. The van der Waals surface area contributed by atoms with Crippen LogP contribution in [0, 0.1) is 5.82 Å². The van der Waals surface area contributed by atoms with E-state index in [4.69, 9.17) is 10.5 Å². The van der Waals surface area contributed by atoms with Gasteiger partial charge in [0.1, 0.15) is 5.82 Å². The van der Waals surface area contributed by atoms with Crippen LogP contribution in [-0.2, 0) is 5.54 Å². The molecule has 3 N–H and O–H groups in total. The molecule has 1 amide bonds. The number of ether oxygens (including phenoxy) is 1. The van der Waals surface area contributed by atoms with E-state index in [1.54, 1.807) is 19.4 Å². The van der Waals surface area contributed by atoms with Crippen molar-refractivity contribution in [3.8, 4) is 17.0 Å². The number of hydrogen-bond donors (Lipinski definition) is 2. The minimum absolute atomic E-state index is 0.204. The first-order valence-corrected chi connectivity index (χ1v) is 8.99. The Morgan fingerprint density at radius 1 is 1.14 bits per heavy atom. The van der Waals surface area contributed by atoms with Crippen molar-refractivity contribution < 1.29 is 13.9 Å². The number of hydrogen-bond acceptors (Lipinski definition) is 4. The number of nitrogens with one attached hydrogen (secondary N) is 1. The van der Waals surface area contributed by atoms with E-state index in [0.717, 1.165) is 29.5 Å². The van der Waals surface area contributed by atoms with Gasteiger partial charge in [-0.25, -0.2) is 9.37 Å². The number of amides is 1. The third kappa shape index (κ3) is 3.41. The van der Waals surface area contributed by atoms with Crippen LogP contribution in [0.2, 0.25) is 0 Å². The molecule has 1 saturated carbocycles. The minimum Gasteiger partial charge on any atom is -0.481 e.